The Bertz CT molecular complexity index is 837. The highest BCUT2D eigenvalue weighted by atomic mass is 16.5. The highest BCUT2D eigenvalue weighted by Gasteiger charge is 2.30. The van der Waals surface area contributed by atoms with Crippen molar-refractivity contribution >= 4 is 5.91 Å². The second kappa shape index (κ2) is 10.6. The van der Waals surface area contributed by atoms with E-state index >= 15 is 0 Å². The molecule has 31 heavy (non-hydrogen) atoms. The molecule has 4 rings (SSSR count). The van der Waals surface area contributed by atoms with Gasteiger partial charge >= 0.3 is 0 Å². The molecule has 0 saturated carbocycles. The zero-order valence-electron chi connectivity index (χ0n) is 18.4. The topological polar surface area (TPSA) is 45.2 Å². The predicted molar refractivity (Wildman–Crippen MR) is 122 cm³/mol. The molecule has 0 N–H and O–H groups in total. The molecule has 166 valence electrons. The summed E-state index contributed by atoms with van der Waals surface area (Å²) in [4.78, 5) is 20.1. The van der Waals surface area contributed by atoms with Gasteiger partial charge in [-0.2, -0.15) is 0 Å². The van der Waals surface area contributed by atoms with Crippen LogP contribution in [-0.4, -0.2) is 86.2 Å². The fourth-order valence-electron chi connectivity index (χ4n) is 4.54. The molecule has 2 aromatic carbocycles. The molecule has 0 bridgehead atoms. The third kappa shape index (κ3) is 5.77. The Labute approximate surface area is 185 Å². The predicted octanol–water partition coefficient (Wildman–Crippen LogP) is 3.00. The average molecular weight is 424 g/mol. The van der Waals surface area contributed by atoms with Crippen LogP contribution in [0.15, 0.2) is 54.6 Å². The lowest BCUT2D eigenvalue weighted by atomic mass is 10.0. The van der Waals surface area contributed by atoms with E-state index in [1.54, 1.807) is 7.11 Å². The fraction of sp³-hybridized carbons (Fsp3) is 0.480. The van der Waals surface area contributed by atoms with Crippen molar-refractivity contribution < 1.29 is 14.3 Å². The van der Waals surface area contributed by atoms with Gasteiger partial charge in [0.2, 0.25) is 0 Å². The second-order valence-electron chi connectivity index (χ2n) is 8.32. The number of likely N-dealkylation sites (tertiary alicyclic amines) is 1. The van der Waals surface area contributed by atoms with E-state index in [4.69, 9.17) is 9.47 Å². The zero-order valence-corrected chi connectivity index (χ0v) is 18.4. The largest absolute Gasteiger partial charge is 0.497 e. The molecule has 1 amide bonds. The molecule has 1 atom stereocenters. The lowest BCUT2D eigenvalue weighted by molar-refractivity contribution is 0.0398. The van der Waals surface area contributed by atoms with Crippen molar-refractivity contribution in [1.29, 1.82) is 0 Å². The van der Waals surface area contributed by atoms with Crippen LogP contribution in [0.4, 0.5) is 0 Å². The maximum Gasteiger partial charge on any atom is 0.254 e. The van der Waals surface area contributed by atoms with Crippen LogP contribution in [-0.2, 0) is 0 Å². The summed E-state index contributed by atoms with van der Waals surface area (Å²) in [6.45, 7) is 7.53. The number of amides is 1. The van der Waals surface area contributed by atoms with E-state index in [2.05, 4.69) is 9.80 Å². The summed E-state index contributed by atoms with van der Waals surface area (Å²) in [6.07, 6.45) is 2.23. The Kier molecular flexibility index (Phi) is 7.43. The van der Waals surface area contributed by atoms with E-state index in [1.807, 2.05) is 59.5 Å². The Morgan fingerprint density at radius 1 is 0.968 bits per heavy atom. The summed E-state index contributed by atoms with van der Waals surface area (Å²) in [5, 5.41) is 0. The number of methoxy groups -OCH3 is 1. The highest BCUT2D eigenvalue weighted by Crippen LogP contribution is 2.21. The molecule has 2 aromatic rings. The van der Waals surface area contributed by atoms with Crippen LogP contribution >= 0.6 is 0 Å². The van der Waals surface area contributed by atoms with E-state index in [-0.39, 0.29) is 5.91 Å². The number of para-hydroxylation sites is 1. The summed E-state index contributed by atoms with van der Waals surface area (Å²) in [5.74, 6) is 1.77. The van der Waals surface area contributed by atoms with Crippen molar-refractivity contribution in [2.24, 2.45) is 0 Å². The number of piperidine rings is 1. The minimum atomic E-state index is 0.111. The van der Waals surface area contributed by atoms with Crippen molar-refractivity contribution in [3.8, 4) is 11.5 Å². The molecule has 0 aromatic heterocycles. The molecule has 6 heteroatoms. The number of rotatable bonds is 7. The maximum atomic E-state index is 13.0. The number of ether oxygens (including phenoxy) is 2. The van der Waals surface area contributed by atoms with Gasteiger partial charge in [-0.25, -0.2) is 0 Å². The Hall–Kier alpha value is -2.57. The number of carbonyl (C=O) groups is 1. The van der Waals surface area contributed by atoms with Crippen LogP contribution in [0.3, 0.4) is 0 Å². The van der Waals surface area contributed by atoms with Gasteiger partial charge in [-0.15, -0.1) is 0 Å². The second-order valence-corrected chi connectivity index (χ2v) is 8.32. The van der Waals surface area contributed by atoms with Gasteiger partial charge in [0.05, 0.1) is 7.11 Å². The van der Waals surface area contributed by atoms with Crippen LogP contribution in [0.2, 0.25) is 0 Å². The molecule has 0 radical (unpaired) electrons. The van der Waals surface area contributed by atoms with Gasteiger partial charge in [0.25, 0.3) is 5.91 Å². The van der Waals surface area contributed by atoms with Gasteiger partial charge in [-0.05, 0) is 43.2 Å². The molecule has 0 aliphatic carbocycles. The first-order chi connectivity index (χ1) is 15.2. The van der Waals surface area contributed by atoms with Crippen molar-refractivity contribution in [1.82, 2.24) is 14.7 Å². The standard InChI is InChI=1S/C25H33N3O3/c1-30-24-11-5-7-21(19-24)25(29)28-12-6-8-22(20-28)27-15-13-26(14-16-27)17-18-31-23-9-3-2-4-10-23/h2-5,7,9-11,19,22H,6,8,12-18,20H2,1H3. The lowest BCUT2D eigenvalue weighted by Crippen LogP contribution is -2.56. The summed E-state index contributed by atoms with van der Waals surface area (Å²) < 4.78 is 11.1. The van der Waals surface area contributed by atoms with E-state index in [0.29, 0.717) is 11.6 Å². The third-order valence-corrected chi connectivity index (χ3v) is 6.34. The van der Waals surface area contributed by atoms with Crippen molar-refractivity contribution in [3.05, 3.63) is 60.2 Å². The molecule has 2 fully saturated rings. The SMILES string of the molecule is COc1cccc(C(=O)N2CCCC(N3CCN(CCOc4ccccc4)CC3)C2)c1. The first-order valence-corrected chi connectivity index (χ1v) is 11.3. The third-order valence-electron chi connectivity index (χ3n) is 6.34. The zero-order chi connectivity index (χ0) is 21.5. The van der Waals surface area contributed by atoms with Gasteiger partial charge in [-0.1, -0.05) is 24.3 Å². The quantitative estimate of drug-likeness (QED) is 0.685. The molecule has 2 heterocycles. The van der Waals surface area contributed by atoms with E-state index in [0.717, 1.165) is 70.3 Å². The Morgan fingerprint density at radius 3 is 2.52 bits per heavy atom. The Balaban J connectivity index is 1.23. The molecule has 2 saturated heterocycles. The summed E-state index contributed by atoms with van der Waals surface area (Å²) in [6, 6.07) is 17.9. The molecule has 6 nitrogen and oxygen atoms in total. The van der Waals surface area contributed by atoms with Gasteiger partial charge in [0, 0.05) is 57.4 Å². The molecule has 2 aliphatic heterocycles. The monoisotopic (exact) mass is 423 g/mol. The summed E-state index contributed by atoms with van der Waals surface area (Å²) in [7, 11) is 1.63. The first kappa shape index (κ1) is 21.7. The van der Waals surface area contributed by atoms with Crippen LogP contribution in [0.5, 0.6) is 11.5 Å². The fourth-order valence-corrected chi connectivity index (χ4v) is 4.54. The van der Waals surface area contributed by atoms with Gasteiger partial charge in [-0.3, -0.25) is 14.6 Å². The van der Waals surface area contributed by atoms with Crippen LogP contribution in [0.25, 0.3) is 0 Å². The van der Waals surface area contributed by atoms with Crippen LogP contribution in [0.1, 0.15) is 23.2 Å². The smallest absolute Gasteiger partial charge is 0.254 e. The Morgan fingerprint density at radius 2 is 1.74 bits per heavy atom. The van der Waals surface area contributed by atoms with Crippen LogP contribution < -0.4 is 9.47 Å². The van der Waals surface area contributed by atoms with E-state index in [1.165, 1.54) is 6.42 Å². The number of hydrogen-bond donors (Lipinski definition) is 0. The van der Waals surface area contributed by atoms with Gasteiger partial charge < -0.3 is 14.4 Å². The number of piperazine rings is 1. The maximum absolute atomic E-state index is 13.0. The number of nitrogens with zero attached hydrogens (tertiary/aromatic N) is 3. The van der Waals surface area contributed by atoms with Crippen molar-refractivity contribution in [2.75, 3.05) is 59.5 Å². The number of hydrogen-bond acceptors (Lipinski definition) is 5. The van der Waals surface area contributed by atoms with Crippen molar-refractivity contribution in [2.45, 2.75) is 18.9 Å². The van der Waals surface area contributed by atoms with Gasteiger partial charge in [0.15, 0.2) is 0 Å². The summed E-state index contributed by atoms with van der Waals surface area (Å²) >= 11 is 0. The highest BCUT2D eigenvalue weighted by molar-refractivity contribution is 5.94. The first-order valence-electron chi connectivity index (χ1n) is 11.3. The minimum Gasteiger partial charge on any atom is -0.497 e. The normalized spacial score (nSPS) is 20.4. The average Bonchev–Trinajstić information content (AvgIpc) is 2.85. The molecule has 1 unspecified atom stereocenters. The number of benzene rings is 2. The van der Waals surface area contributed by atoms with E-state index < -0.39 is 0 Å². The van der Waals surface area contributed by atoms with Crippen LogP contribution in [0, 0.1) is 0 Å². The number of carbonyl (C=O) groups excluding carboxylic acids is 1. The molecule has 0 spiro atoms. The molecular weight excluding hydrogens is 390 g/mol. The summed E-state index contributed by atoms with van der Waals surface area (Å²) in [5.41, 5.74) is 0.711. The van der Waals surface area contributed by atoms with E-state index in [9.17, 15) is 4.79 Å². The lowest BCUT2D eigenvalue weighted by Gasteiger charge is -2.43. The molecule has 2 aliphatic rings. The minimum absolute atomic E-state index is 0.111. The van der Waals surface area contributed by atoms with Crippen molar-refractivity contribution in [3.63, 3.8) is 0 Å². The van der Waals surface area contributed by atoms with Gasteiger partial charge in [0.1, 0.15) is 18.1 Å². The molecular formula is C25H33N3O3.